The van der Waals surface area contributed by atoms with Gasteiger partial charge in [0.1, 0.15) is 0 Å². The quantitative estimate of drug-likeness (QED) is 0.755. The van der Waals surface area contributed by atoms with Crippen LogP contribution in [0, 0.1) is 0 Å². The van der Waals surface area contributed by atoms with Crippen molar-refractivity contribution in [1.29, 1.82) is 0 Å². The number of fused-ring (bicyclic) bond motifs is 1. The first-order valence-electron chi connectivity index (χ1n) is 5.27. The van der Waals surface area contributed by atoms with E-state index in [9.17, 15) is 4.79 Å². The molecule has 0 fully saturated rings. The van der Waals surface area contributed by atoms with Gasteiger partial charge in [-0.25, -0.2) is 4.98 Å². The normalized spacial score (nSPS) is 11.3. The van der Waals surface area contributed by atoms with Gasteiger partial charge in [0.05, 0.1) is 15.2 Å². The Morgan fingerprint density at radius 3 is 3.00 bits per heavy atom. The van der Waals surface area contributed by atoms with E-state index in [2.05, 4.69) is 11.1 Å². The average Bonchev–Trinajstić information content (AvgIpc) is 2.66. The number of thiazole rings is 1. The van der Waals surface area contributed by atoms with E-state index in [1.165, 1.54) is 4.70 Å². The zero-order valence-corrected chi connectivity index (χ0v) is 9.96. The number of allylic oxidation sites excluding steroid dienone is 2. The Morgan fingerprint density at radius 2 is 2.25 bits per heavy atom. The largest absolute Gasteiger partial charge is 0.295 e. The standard InChI is InChI=1S/C13H13NOS/c1-10(15)6-2-5-9-13-14-11-7-3-4-8-12(11)16-13/h2-4,6-8H,5,9H2,1H3/b6-2+. The summed E-state index contributed by atoms with van der Waals surface area (Å²) in [7, 11) is 0. The van der Waals surface area contributed by atoms with Crippen LogP contribution >= 0.6 is 11.3 Å². The highest BCUT2D eigenvalue weighted by Crippen LogP contribution is 2.22. The molecule has 2 nitrogen and oxygen atoms in total. The molecule has 0 N–H and O–H groups in total. The molecular formula is C13H13NOS. The minimum Gasteiger partial charge on any atom is -0.295 e. The number of para-hydroxylation sites is 1. The van der Waals surface area contributed by atoms with Crippen molar-refractivity contribution in [3.05, 3.63) is 41.4 Å². The number of carbonyl (C=O) groups excluding carboxylic acids is 1. The van der Waals surface area contributed by atoms with E-state index in [0.717, 1.165) is 23.4 Å². The highest BCUT2D eigenvalue weighted by molar-refractivity contribution is 7.18. The lowest BCUT2D eigenvalue weighted by Crippen LogP contribution is -1.83. The van der Waals surface area contributed by atoms with Gasteiger partial charge in [-0.1, -0.05) is 18.2 Å². The summed E-state index contributed by atoms with van der Waals surface area (Å²) in [5.74, 6) is 0.101. The molecule has 3 heteroatoms. The van der Waals surface area contributed by atoms with Crippen LogP contribution in [0.4, 0.5) is 0 Å². The molecule has 2 aromatic rings. The number of hydrogen-bond donors (Lipinski definition) is 0. The molecule has 0 atom stereocenters. The molecule has 16 heavy (non-hydrogen) atoms. The lowest BCUT2D eigenvalue weighted by Gasteiger charge is -1.88. The molecule has 0 radical (unpaired) electrons. The van der Waals surface area contributed by atoms with Crippen molar-refractivity contribution in [2.75, 3.05) is 0 Å². The highest BCUT2D eigenvalue weighted by Gasteiger charge is 2.01. The van der Waals surface area contributed by atoms with Gasteiger partial charge in [-0.05, 0) is 31.6 Å². The van der Waals surface area contributed by atoms with Crippen LogP contribution in [0.2, 0.25) is 0 Å². The number of ketones is 1. The van der Waals surface area contributed by atoms with E-state index in [1.807, 2.05) is 24.3 Å². The third-order valence-electron chi connectivity index (χ3n) is 2.22. The average molecular weight is 231 g/mol. The second-order valence-electron chi connectivity index (χ2n) is 3.63. The third kappa shape index (κ3) is 2.76. The number of hydrogen-bond acceptors (Lipinski definition) is 3. The maximum absolute atomic E-state index is 10.7. The molecule has 0 spiro atoms. The van der Waals surface area contributed by atoms with Crippen LogP contribution in [0.15, 0.2) is 36.4 Å². The molecule has 0 amide bonds. The zero-order valence-electron chi connectivity index (χ0n) is 9.14. The Labute approximate surface area is 98.6 Å². The topological polar surface area (TPSA) is 30.0 Å². The molecule has 1 heterocycles. The molecule has 0 aliphatic heterocycles. The summed E-state index contributed by atoms with van der Waals surface area (Å²) in [5.41, 5.74) is 1.07. The molecule has 1 aromatic heterocycles. The van der Waals surface area contributed by atoms with Gasteiger partial charge in [0.25, 0.3) is 0 Å². The fourth-order valence-corrected chi connectivity index (χ4v) is 2.47. The molecule has 1 aromatic carbocycles. The summed E-state index contributed by atoms with van der Waals surface area (Å²) in [5, 5.41) is 1.13. The molecule has 0 saturated carbocycles. The van der Waals surface area contributed by atoms with Gasteiger partial charge in [-0.3, -0.25) is 4.79 Å². The Kier molecular flexibility index (Phi) is 3.47. The van der Waals surface area contributed by atoms with Crippen LogP contribution in [-0.4, -0.2) is 10.8 Å². The van der Waals surface area contributed by atoms with Crippen molar-refractivity contribution in [3.8, 4) is 0 Å². The summed E-state index contributed by atoms with van der Waals surface area (Å²) in [4.78, 5) is 15.2. The summed E-state index contributed by atoms with van der Waals surface area (Å²) >= 11 is 1.73. The fourth-order valence-electron chi connectivity index (χ4n) is 1.48. The van der Waals surface area contributed by atoms with E-state index in [1.54, 1.807) is 24.3 Å². The van der Waals surface area contributed by atoms with Gasteiger partial charge >= 0.3 is 0 Å². The maximum atomic E-state index is 10.7. The summed E-state index contributed by atoms with van der Waals surface area (Å²) in [6, 6.07) is 8.14. The highest BCUT2D eigenvalue weighted by atomic mass is 32.1. The van der Waals surface area contributed by atoms with Crippen LogP contribution in [0.25, 0.3) is 10.2 Å². The summed E-state index contributed by atoms with van der Waals surface area (Å²) in [6.45, 7) is 1.56. The Morgan fingerprint density at radius 1 is 1.44 bits per heavy atom. The Bertz CT molecular complexity index is 494. The smallest absolute Gasteiger partial charge is 0.152 e. The Hall–Kier alpha value is -1.48. The van der Waals surface area contributed by atoms with E-state index in [-0.39, 0.29) is 5.78 Å². The summed E-state index contributed by atoms with van der Waals surface area (Å²) < 4.78 is 1.23. The molecule has 0 unspecified atom stereocenters. The van der Waals surface area contributed by atoms with Crippen molar-refractivity contribution >= 4 is 27.3 Å². The fraction of sp³-hybridized carbons (Fsp3) is 0.231. The van der Waals surface area contributed by atoms with Gasteiger partial charge in [-0.15, -0.1) is 11.3 Å². The van der Waals surface area contributed by atoms with Crippen LogP contribution in [0.3, 0.4) is 0 Å². The van der Waals surface area contributed by atoms with Crippen molar-refractivity contribution in [1.82, 2.24) is 4.98 Å². The van der Waals surface area contributed by atoms with Gasteiger partial charge in [0.15, 0.2) is 5.78 Å². The van der Waals surface area contributed by atoms with Gasteiger partial charge in [0, 0.05) is 6.42 Å². The number of nitrogens with zero attached hydrogens (tertiary/aromatic N) is 1. The minimum absolute atomic E-state index is 0.101. The van der Waals surface area contributed by atoms with E-state index < -0.39 is 0 Å². The second kappa shape index (κ2) is 5.03. The zero-order chi connectivity index (χ0) is 11.4. The predicted octanol–water partition coefficient (Wildman–Crippen LogP) is 3.37. The lowest BCUT2D eigenvalue weighted by atomic mass is 10.2. The van der Waals surface area contributed by atoms with Gasteiger partial charge in [0.2, 0.25) is 0 Å². The van der Waals surface area contributed by atoms with Crippen LogP contribution in [-0.2, 0) is 11.2 Å². The van der Waals surface area contributed by atoms with Crippen molar-refractivity contribution in [3.63, 3.8) is 0 Å². The molecule has 82 valence electrons. The van der Waals surface area contributed by atoms with E-state index in [0.29, 0.717) is 0 Å². The van der Waals surface area contributed by atoms with Gasteiger partial charge < -0.3 is 0 Å². The van der Waals surface area contributed by atoms with Crippen molar-refractivity contribution in [2.45, 2.75) is 19.8 Å². The summed E-state index contributed by atoms with van der Waals surface area (Å²) in [6.07, 6.45) is 5.31. The number of rotatable bonds is 4. The molecule has 0 aliphatic rings. The van der Waals surface area contributed by atoms with E-state index >= 15 is 0 Å². The third-order valence-corrected chi connectivity index (χ3v) is 3.31. The molecule has 2 rings (SSSR count). The SMILES string of the molecule is CC(=O)/C=C/CCc1nc2ccccc2s1. The number of carbonyl (C=O) groups is 1. The first kappa shape index (κ1) is 11.0. The predicted molar refractivity (Wildman–Crippen MR) is 67.8 cm³/mol. The molecule has 0 aliphatic carbocycles. The minimum atomic E-state index is 0.101. The number of benzene rings is 1. The van der Waals surface area contributed by atoms with Crippen molar-refractivity contribution < 1.29 is 4.79 Å². The van der Waals surface area contributed by atoms with E-state index in [4.69, 9.17) is 0 Å². The first-order valence-corrected chi connectivity index (χ1v) is 6.09. The van der Waals surface area contributed by atoms with Crippen LogP contribution in [0.1, 0.15) is 18.4 Å². The maximum Gasteiger partial charge on any atom is 0.152 e. The van der Waals surface area contributed by atoms with Crippen LogP contribution in [0.5, 0.6) is 0 Å². The lowest BCUT2D eigenvalue weighted by molar-refractivity contribution is -0.112. The monoisotopic (exact) mass is 231 g/mol. The van der Waals surface area contributed by atoms with Gasteiger partial charge in [-0.2, -0.15) is 0 Å². The number of aromatic nitrogens is 1. The second-order valence-corrected chi connectivity index (χ2v) is 4.74. The first-order chi connectivity index (χ1) is 7.75. The van der Waals surface area contributed by atoms with Crippen molar-refractivity contribution in [2.24, 2.45) is 0 Å². The molecule has 0 bridgehead atoms. The molecular weight excluding hydrogens is 218 g/mol. The molecule has 0 saturated heterocycles. The van der Waals surface area contributed by atoms with Crippen LogP contribution < -0.4 is 0 Å². The number of aryl methyl sites for hydroxylation is 1. The Balaban J connectivity index is 2.02.